The Morgan fingerprint density at radius 1 is 1.58 bits per heavy atom. The Morgan fingerprint density at radius 3 is 3.33 bits per heavy atom. The lowest BCUT2D eigenvalue weighted by Gasteiger charge is -1.91. The molecule has 0 bridgehead atoms. The summed E-state index contributed by atoms with van der Waals surface area (Å²) in [6, 6.07) is 3.82. The molecular formula is C8H9N3O. The molecule has 0 unspecified atom stereocenters. The second-order valence-electron chi connectivity index (χ2n) is 2.52. The van der Waals surface area contributed by atoms with E-state index in [4.69, 9.17) is 4.52 Å². The molecule has 2 aromatic heterocycles. The number of pyridine rings is 1. The van der Waals surface area contributed by atoms with E-state index in [1.54, 1.807) is 6.20 Å². The molecule has 4 nitrogen and oxygen atoms in total. The van der Waals surface area contributed by atoms with Gasteiger partial charge in [0.2, 0.25) is 0 Å². The third kappa shape index (κ3) is 1.06. The van der Waals surface area contributed by atoms with Gasteiger partial charge >= 0.3 is 0 Å². The number of rotatable bonds is 2. The van der Waals surface area contributed by atoms with Crippen molar-refractivity contribution < 1.29 is 4.52 Å². The van der Waals surface area contributed by atoms with Gasteiger partial charge in [-0.25, -0.2) is 4.98 Å². The van der Waals surface area contributed by atoms with Gasteiger partial charge in [-0.2, -0.15) is 0 Å². The molecule has 0 aliphatic rings. The molecule has 12 heavy (non-hydrogen) atoms. The molecule has 4 heteroatoms. The fourth-order valence-corrected chi connectivity index (χ4v) is 1.13. The van der Waals surface area contributed by atoms with Crippen LogP contribution < -0.4 is 5.32 Å². The molecule has 1 N–H and O–H groups in total. The van der Waals surface area contributed by atoms with Gasteiger partial charge in [0, 0.05) is 12.7 Å². The fourth-order valence-electron chi connectivity index (χ4n) is 1.13. The molecule has 0 saturated carbocycles. The number of hydrogen-bond acceptors (Lipinski definition) is 4. The highest BCUT2D eigenvalue weighted by Crippen LogP contribution is 2.14. The van der Waals surface area contributed by atoms with E-state index in [-0.39, 0.29) is 0 Å². The standard InChI is InChI=1S/C8H9N3O/c1-9-5-7-6-3-2-4-10-8(6)12-11-7/h2-4,9H,5H2,1H3. The first-order valence-corrected chi connectivity index (χ1v) is 3.75. The van der Waals surface area contributed by atoms with Crippen LogP contribution in [0.5, 0.6) is 0 Å². The van der Waals surface area contributed by atoms with E-state index >= 15 is 0 Å². The summed E-state index contributed by atoms with van der Waals surface area (Å²) < 4.78 is 5.00. The van der Waals surface area contributed by atoms with E-state index in [2.05, 4.69) is 15.5 Å². The number of fused-ring (bicyclic) bond motifs is 1. The van der Waals surface area contributed by atoms with Crippen molar-refractivity contribution in [3.8, 4) is 0 Å². The maximum atomic E-state index is 5.00. The van der Waals surface area contributed by atoms with Gasteiger partial charge in [-0.15, -0.1) is 0 Å². The van der Waals surface area contributed by atoms with E-state index in [1.807, 2.05) is 19.2 Å². The predicted octanol–water partition coefficient (Wildman–Crippen LogP) is 0.942. The summed E-state index contributed by atoms with van der Waals surface area (Å²) >= 11 is 0. The lowest BCUT2D eigenvalue weighted by Crippen LogP contribution is -2.05. The highest BCUT2D eigenvalue weighted by atomic mass is 16.5. The molecule has 0 radical (unpaired) electrons. The Labute approximate surface area is 69.6 Å². The zero-order chi connectivity index (χ0) is 8.39. The van der Waals surface area contributed by atoms with Crippen LogP contribution in [-0.2, 0) is 6.54 Å². The molecule has 2 heterocycles. The van der Waals surface area contributed by atoms with Crippen molar-refractivity contribution in [1.29, 1.82) is 0 Å². The van der Waals surface area contributed by atoms with Crippen LogP contribution in [0.2, 0.25) is 0 Å². The number of hydrogen-bond donors (Lipinski definition) is 1. The van der Waals surface area contributed by atoms with E-state index in [0.29, 0.717) is 12.3 Å². The predicted molar refractivity (Wildman–Crippen MR) is 44.6 cm³/mol. The van der Waals surface area contributed by atoms with Crippen LogP contribution >= 0.6 is 0 Å². The average Bonchev–Trinajstić information content (AvgIpc) is 2.50. The van der Waals surface area contributed by atoms with Crippen LogP contribution in [0.3, 0.4) is 0 Å². The van der Waals surface area contributed by atoms with Crippen LogP contribution in [0.1, 0.15) is 5.69 Å². The topological polar surface area (TPSA) is 51.0 Å². The van der Waals surface area contributed by atoms with Crippen molar-refractivity contribution in [2.45, 2.75) is 6.54 Å². The normalized spacial score (nSPS) is 10.8. The van der Waals surface area contributed by atoms with Gasteiger partial charge in [0.05, 0.1) is 5.39 Å². The Hall–Kier alpha value is -1.42. The lowest BCUT2D eigenvalue weighted by molar-refractivity contribution is 0.436. The number of aromatic nitrogens is 2. The fraction of sp³-hybridized carbons (Fsp3) is 0.250. The van der Waals surface area contributed by atoms with Gasteiger partial charge in [0.15, 0.2) is 0 Å². The molecule has 62 valence electrons. The monoisotopic (exact) mass is 163 g/mol. The highest BCUT2D eigenvalue weighted by molar-refractivity contribution is 5.75. The average molecular weight is 163 g/mol. The minimum Gasteiger partial charge on any atom is -0.335 e. The lowest BCUT2D eigenvalue weighted by atomic mass is 10.3. The Balaban J connectivity index is 2.55. The van der Waals surface area contributed by atoms with Crippen molar-refractivity contribution >= 4 is 11.1 Å². The molecule has 2 rings (SSSR count). The molecule has 0 aliphatic carbocycles. The van der Waals surface area contributed by atoms with Crippen molar-refractivity contribution in [3.63, 3.8) is 0 Å². The summed E-state index contributed by atoms with van der Waals surface area (Å²) in [5.41, 5.74) is 1.50. The summed E-state index contributed by atoms with van der Waals surface area (Å²) in [5.74, 6) is 0. The summed E-state index contributed by atoms with van der Waals surface area (Å²) in [6.07, 6.45) is 1.69. The molecule has 2 aromatic rings. The summed E-state index contributed by atoms with van der Waals surface area (Å²) in [5, 5.41) is 7.88. The molecule has 0 atom stereocenters. The highest BCUT2D eigenvalue weighted by Gasteiger charge is 2.05. The van der Waals surface area contributed by atoms with Gasteiger partial charge in [0.25, 0.3) is 5.71 Å². The SMILES string of the molecule is CNCc1noc2ncccc12. The summed E-state index contributed by atoms with van der Waals surface area (Å²) in [4.78, 5) is 4.03. The van der Waals surface area contributed by atoms with Crippen molar-refractivity contribution in [3.05, 3.63) is 24.0 Å². The molecule has 0 fully saturated rings. The largest absolute Gasteiger partial charge is 0.335 e. The third-order valence-electron chi connectivity index (χ3n) is 1.67. The van der Waals surface area contributed by atoms with E-state index in [0.717, 1.165) is 11.1 Å². The van der Waals surface area contributed by atoms with E-state index in [9.17, 15) is 0 Å². The Bertz CT molecular complexity index is 382. The zero-order valence-electron chi connectivity index (χ0n) is 6.74. The van der Waals surface area contributed by atoms with Crippen LogP contribution in [0, 0.1) is 0 Å². The van der Waals surface area contributed by atoms with Gasteiger partial charge < -0.3 is 9.84 Å². The van der Waals surface area contributed by atoms with Gasteiger partial charge in [-0.1, -0.05) is 5.16 Å². The number of nitrogens with one attached hydrogen (secondary N) is 1. The maximum Gasteiger partial charge on any atom is 0.257 e. The zero-order valence-corrected chi connectivity index (χ0v) is 6.74. The number of nitrogens with zero attached hydrogens (tertiary/aromatic N) is 2. The quantitative estimate of drug-likeness (QED) is 0.715. The van der Waals surface area contributed by atoms with Gasteiger partial charge in [-0.3, -0.25) is 0 Å². The van der Waals surface area contributed by atoms with E-state index in [1.165, 1.54) is 0 Å². The minimum atomic E-state index is 0.600. The smallest absolute Gasteiger partial charge is 0.257 e. The minimum absolute atomic E-state index is 0.600. The summed E-state index contributed by atoms with van der Waals surface area (Å²) in [6.45, 7) is 0.707. The van der Waals surface area contributed by atoms with Crippen LogP contribution in [0.15, 0.2) is 22.9 Å². The molecular weight excluding hydrogens is 154 g/mol. The second-order valence-corrected chi connectivity index (χ2v) is 2.52. The Kier molecular flexibility index (Phi) is 1.75. The van der Waals surface area contributed by atoms with Crippen molar-refractivity contribution in [1.82, 2.24) is 15.5 Å². The first kappa shape index (κ1) is 7.24. The second kappa shape index (κ2) is 2.91. The Morgan fingerprint density at radius 2 is 2.50 bits per heavy atom. The molecule has 0 spiro atoms. The van der Waals surface area contributed by atoms with Gasteiger partial charge in [-0.05, 0) is 19.2 Å². The van der Waals surface area contributed by atoms with Crippen molar-refractivity contribution in [2.75, 3.05) is 7.05 Å². The van der Waals surface area contributed by atoms with Crippen LogP contribution in [0.4, 0.5) is 0 Å². The first-order valence-electron chi connectivity index (χ1n) is 3.75. The third-order valence-corrected chi connectivity index (χ3v) is 1.67. The van der Waals surface area contributed by atoms with Crippen LogP contribution in [-0.4, -0.2) is 17.2 Å². The molecule has 0 saturated heterocycles. The maximum absolute atomic E-state index is 5.00. The first-order chi connectivity index (χ1) is 5.92. The molecule has 0 aliphatic heterocycles. The van der Waals surface area contributed by atoms with Gasteiger partial charge in [0.1, 0.15) is 5.69 Å². The van der Waals surface area contributed by atoms with E-state index < -0.39 is 0 Å². The molecule has 0 aromatic carbocycles. The summed E-state index contributed by atoms with van der Waals surface area (Å²) in [7, 11) is 1.87. The van der Waals surface area contributed by atoms with Crippen LogP contribution in [0.25, 0.3) is 11.1 Å². The van der Waals surface area contributed by atoms with Crippen molar-refractivity contribution in [2.24, 2.45) is 0 Å². The molecule has 0 amide bonds.